The van der Waals surface area contributed by atoms with Gasteiger partial charge < -0.3 is 5.11 Å². The van der Waals surface area contributed by atoms with Crippen molar-refractivity contribution in [3.8, 4) is 0 Å². The summed E-state index contributed by atoms with van der Waals surface area (Å²) in [5.41, 5.74) is 2.22. The number of benzene rings is 1. The molecule has 2 aromatic rings. The molecule has 9 heteroatoms. The van der Waals surface area contributed by atoms with Crippen LogP contribution in [0.3, 0.4) is 0 Å². The van der Waals surface area contributed by atoms with Gasteiger partial charge in [-0.1, -0.05) is 72.2 Å². The van der Waals surface area contributed by atoms with E-state index in [1.807, 2.05) is 79.7 Å². The van der Waals surface area contributed by atoms with Crippen LogP contribution in [0.15, 0.2) is 36.5 Å². The van der Waals surface area contributed by atoms with E-state index in [1.54, 1.807) is 12.3 Å². The van der Waals surface area contributed by atoms with Gasteiger partial charge in [0.1, 0.15) is 0 Å². The molecule has 0 fully saturated rings. The highest BCUT2D eigenvalue weighted by Crippen LogP contribution is 2.42. The lowest BCUT2D eigenvalue weighted by atomic mass is 9.77. The topological polar surface area (TPSA) is 99.6 Å². The first kappa shape index (κ1) is 28.9. The third-order valence-corrected chi connectivity index (χ3v) is 6.60. The first-order chi connectivity index (χ1) is 14.6. The molecule has 1 aromatic carbocycles. The minimum absolute atomic E-state index is 0. The van der Waals surface area contributed by atoms with Crippen molar-refractivity contribution in [3.05, 3.63) is 58.9 Å². The van der Waals surface area contributed by atoms with Crippen LogP contribution in [0.1, 0.15) is 76.8 Å². The number of aromatic nitrogens is 1. The standard InChI is InChI=1S/C24H35N3O4S.ClH/c1-16-13-18(23(3,4)5)21(19(14-16)24(6,7)8)27(22(28)29)32(30,31)26-15-17(2)20-11-9-10-12-25-20;/h9-14,17,26H,15H2,1-8H3,(H,28,29);1H. The molecule has 1 unspecified atom stereocenters. The third-order valence-electron chi connectivity index (χ3n) is 5.25. The van der Waals surface area contributed by atoms with Gasteiger partial charge in [0.05, 0.1) is 5.69 Å². The molecule has 1 aromatic heterocycles. The van der Waals surface area contributed by atoms with E-state index in [0.717, 1.165) is 11.3 Å². The maximum atomic E-state index is 13.4. The zero-order valence-corrected chi connectivity index (χ0v) is 22.3. The van der Waals surface area contributed by atoms with Crippen molar-refractivity contribution in [2.45, 2.75) is 72.1 Å². The van der Waals surface area contributed by atoms with Crippen molar-refractivity contribution in [1.82, 2.24) is 9.71 Å². The summed E-state index contributed by atoms with van der Waals surface area (Å²) in [4.78, 5) is 16.7. The van der Waals surface area contributed by atoms with E-state index in [-0.39, 0.29) is 30.6 Å². The van der Waals surface area contributed by atoms with Crippen LogP contribution in [-0.4, -0.2) is 31.1 Å². The van der Waals surface area contributed by atoms with E-state index in [9.17, 15) is 18.3 Å². The largest absolute Gasteiger partial charge is 0.464 e. The molecule has 0 saturated heterocycles. The Bertz CT molecular complexity index is 1040. The minimum atomic E-state index is -4.40. The zero-order valence-electron chi connectivity index (χ0n) is 20.6. The van der Waals surface area contributed by atoms with Crippen LogP contribution < -0.4 is 9.03 Å². The van der Waals surface area contributed by atoms with E-state index >= 15 is 0 Å². The van der Waals surface area contributed by atoms with Gasteiger partial charge in [-0.05, 0) is 41.0 Å². The van der Waals surface area contributed by atoms with Gasteiger partial charge in [0.25, 0.3) is 0 Å². The second-order valence-corrected chi connectivity index (χ2v) is 11.9. The van der Waals surface area contributed by atoms with Gasteiger partial charge in [-0.3, -0.25) is 4.98 Å². The van der Waals surface area contributed by atoms with E-state index < -0.39 is 27.1 Å². The highest BCUT2D eigenvalue weighted by Gasteiger charge is 2.38. The number of hydrogen-bond donors (Lipinski definition) is 2. The smallest absolute Gasteiger partial charge is 0.426 e. The van der Waals surface area contributed by atoms with Gasteiger partial charge in [0, 0.05) is 24.4 Å². The van der Waals surface area contributed by atoms with Crippen LogP contribution in [0.4, 0.5) is 10.5 Å². The number of carboxylic acid groups (broad SMARTS) is 1. The molecule has 1 atom stereocenters. The first-order valence-corrected chi connectivity index (χ1v) is 12.1. The molecule has 1 heterocycles. The molecular formula is C24H36ClN3O4S. The number of rotatable bonds is 6. The average Bonchev–Trinajstić information content (AvgIpc) is 2.65. The Labute approximate surface area is 204 Å². The van der Waals surface area contributed by atoms with E-state index in [2.05, 4.69) is 9.71 Å². The second-order valence-electron chi connectivity index (χ2n) is 10.3. The molecule has 0 radical (unpaired) electrons. The molecule has 0 saturated carbocycles. The summed E-state index contributed by atoms with van der Waals surface area (Å²) in [5, 5.41) is 10.1. The number of pyridine rings is 1. The number of nitrogens with one attached hydrogen (secondary N) is 1. The summed E-state index contributed by atoms with van der Waals surface area (Å²) in [6.45, 7) is 15.5. The molecule has 184 valence electrons. The number of halogens is 1. The van der Waals surface area contributed by atoms with Gasteiger partial charge in [0.15, 0.2) is 0 Å². The van der Waals surface area contributed by atoms with Crippen LogP contribution >= 0.6 is 12.4 Å². The fraction of sp³-hybridized carbons (Fsp3) is 0.500. The molecule has 2 N–H and O–H groups in total. The molecule has 0 bridgehead atoms. The summed E-state index contributed by atoms with van der Waals surface area (Å²) < 4.78 is 29.7. The molecule has 0 aliphatic rings. The van der Waals surface area contributed by atoms with Crippen LogP contribution in [0.5, 0.6) is 0 Å². The number of amides is 1. The van der Waals surface area contributed by atoms with Crippen LogP contribution in [0.2, 0.25) is 0 Å². The fourth-order valence-corrected chi connectivity index (χ4v) is 4.76. The molecule has 0 aliphatic heterocycles. The van der Waals surface area contributed by atoms with E-state index in [0.29, 0.717) is 15.4 Å². The van der Waals surface area contributed by atoms with Gasteiger partial charge in [-0.15, -0.1) is 12.4 Å². The SMILES string of the molecule is Cc1cc(C(C)(C)C)c(N(C(=O)O)S(=O)(=O)NCC(C)c2ccccn2)c(C(C)(C)C)c1.Cl. The number of aryl methyl sites for hydroxylation is 1. The molecule has 2 rings (SSSR count). The molecular weight excluding hydrogens is 462 g/mol. The molecule has 33 heavy (non-hydrogen) atoms. The summed E-state index contributed by atoms with van der Waals surface area (Å²) in [7, 11) is -4.40. The lowest BCUT2D eigenvalue weighted by Crippen LogP contribution is -2.47. The maximum absolute atomic E-state index is 13.4. The Morgan fingerprint density at radius 1 is 1.09 bits per heavy atom. The quantitative estimate of drug-likeness (QED) is 0.546. The normalized spacial score (nSPS) is 13.2. The van der Waals surface area contributed by atoms with Gasteiger partial charge >= 0.3 is 16.3 Å². The molecule has 0 spiro atoms. The molecule has 1 amide bonds. The third kappa shape index (κ3) is 6.91. The summed E-state index contributed by atoms with van der Waals surface area (Å²) in [5.74, 6) is -0.233. The average molecular weight is 498 g/mol. The predicted molar refractivity (Wildman–Crippen MR) is 136 cm³/mol. The monoisotopic (exact) mass is 497 g/mol. The Hall–Kier alpha value is -2.16. The van der Waals surface area contributed by atoms with Crippen LogP contribution in [0, 0.1) is 6.92 Å². The Balaban J connectivity index is 0.00000544. The number of carbonyl (C=O) groups is 1. The van der Waals surface area contributed by atoms with Crippen molar-refractivity contribution in [1.29, 1.82) is 0 Å². The highest BCUT2D eigenvalue weighted by atomic mass is 35.5. The Morgan fingerprint density at radius 2 is 1.61 bits per heavy atom. The van der Waals surface area contributed by atoms with Gasteiger partial charge in [-0.2, -0.15) is 17.4 Å². The van der Waals surface area contributed by atoms with Crippen molar-refractivity contribution in [2.24, 2.45) is 0 Å². The summed E-state index contributed by atoms with van der Waals surface area (Å²) >= 11 is 0. The number of hydrogen-bond acceptors (Lipinski definition) is 4. The van der Waals surface area contributed by atoms with E-state index in [1.165, 1.54) is 0 Å². The van der Waals surface area contributed by atoms with Crippen molar-refractivity contribution in [2.75, 3.05) is 10.8 Å². The molecule has 0 aliphatic carbocycles. The predicted octanol–water partition coefficient (Wildman–Crippen LogP) is 5.53. The van der Waals surface area contributed by atoms with Crippen molar-refractivity contribution >= 4 is 34.4 Å². The van der Waals surface area contributed by atoms with E-state index in [4.69, 9.17) is 0 Å². The lowest BCUT2D eigenvalue weighted by molar-refractivity contribution is 0.206. The summed E-state index contributed by atoms with van der Waals surface area (Å²) in [6.07, 6.45) is 0.0874. The second kappa shape index (κ2) is 10.4. The van der Waals surface area contributed by atoms with Gasteiger partial charge in [-0.25, -0.2) is 4.79 Å². The molecule has 7 nitrogen and oxygen atoms in total. The van der Waals surface area contributed by atoms with Gasteiger partial charge in [0.2, 0.25) is 0 Å². The van der Waals surface area contributed by atoms with Crippen molar-refractivity contribution < 1.29 is 18.3 Å². The summed E-state index contributed by atoms with van der Waals surface area (Å²) in [6, 6.07) is 9.16. The Kier molecular flexibility index (Phi) is 9.10. The minimum Gasteiger partial charge on any atom is -0.464 e. The first-order valence-electron chi connectivity index (χ1n) is 10.6. The van der Waals surface area contributed by atoms with Crippen LogP contribution in [-0.2, 0) is 21.0 Å². The zero-order chi connectivity index (χ0) is 24.5. The number of nitrogens with zero attached hydrogens (tertiary/aromatic N) is 2. The Morgan fingerprint density at radius 3 is 2.00 bits per heavy atom. The van der Waals surface area contributed by atoms with Crippen LogP contribution in [0.25, 0.3) is 0 Å². The lowest BCUT2D eigenvalue weighted by Gasteiger charge is -2.34. The van der Waals surface area contributed by atoms with Crippen molar-refractivity contribution in [3.63, 3.8) is 0 Å². The maximum Gasteiger partial charge on any atom is 0.426 e. The number of anilines is 1. The highest BCUT2D eigenvalue weighted by molar-refractivity contribution is 7.91. The fourth-order valence-electron chi connectivity index (χ4n) is 3.53.